The lowest BCUT2D eigenvalue weighted by Crippen LogP contribution is -2.51. The summed E-state index contributed by atoms with van der Waals surface area (Å²) in [4.78, 5) is 38.5. The summed E-state index contributed by atoms with van der Waals surface area (Å²) in [6.07, 6.45) is 0.242. The van der Waals surface area contributed by atoms with Crippen molar-refractivity contribution in [2.45, 2.75) is 19.8 Å². The summed E-state index contributed by atoms with van der Waals surface area (Å²) in [7, 11) is 1.57. The van der Waals surface area contributed by atoms with E-state index in [9.17, 15) is 14.4 Å². The number of rotatable bonds is 9. The van der Waals surface area contributed by atoms with Crippen molar-refractivity contribution in [3.63, 3.8) is 0 Å². The van der Waals surface area contributed by atoms with Gasteiger partial charge in [-0.15, -0.1) is 0 Å². The molecule has 0 aliphatic carbocycles. The highest BCUT2D eigenvalue weighted by atomic mass is 16.5. The third-order valence-corrected chi connectivity index (χ3v) is 3.49. The van der Waals surface area contributed by atoms with Crippen molar-refractivity contribution < 1.29 is 28.6 Å². The first-order chi connectivity index (χ1) is 11.1. The van der Waals surface area contributed by atoms with Gasteiger partial charge in [-0.2, -0.15) is 0 Å². The highest BCUT2D eigenvalue weighted by molar-refractivity contribution is 5.82. The summed E-state index contributed by atoms with van der Waals surface area (Å²) >= 11 is 0. The molecule has 0 saturated carbocycles. The summed E-state index contributed by atoms with van der Waals surface area (Å²) in [5.74, 6) is -0.524. The van der Waals surface area contributed by atoms with E-state index in [1.165, 1.54) is 0 Å². The maximum absolute atomic E-state index is 12.0. The highest BCUT2D eigenvalue weighted by Gasteiger charge is 2.24. The molecule has 0 radical (unpaired) electrons. The minimum atomic E-state index is -0.358. The van der Waals surface area contributed by atoms with Crippen LogP contribution in [0.5, 0.6) is 0 Å². The topological polar surface area (TPSA) is 85.4 Å². The van der Waals surface area contributed by atoms with Crippen molar-refractivity contribution in [2.24, 2.45) is 0 Å². The number of piperazine rings is 1. The largest absolute Gasteiger partial charge is 0.466 e. The van der Waals surface area contributed by atoms with Crippen LogP contribution < -0.4 is 0 Å². The smallest absolute Gasteiger partial charge is 0.306 e. The molecular weight excluding hydrogens is 304 g/mol. The maximum Gasteiger partial charge on any atom is 0.306 e. The number of carbonyl (C=O) groups excluding carboxylic acids is 3. The molecule has 132 valence electrons. The molecule has 1 heterocycles. The molecule has 0 N–H and O–H groups in total. The third kappa shape index (κ3) is 7.43. The van der Waals surface area contributed by atoms with Crippen molar-refractivity contribution in [3.05, 3.63) is 0 Å². The first kappa shape index (κ1) is 19.4. The van der Waals surface area contributed by atoms with Gasteiger partial charge in [-0.1, -0.05) is 0 Å². The van der Waals surface area contributed by atoms with Crippen LogP contribution in [0.15, 0.2) is 0 Å². The molecule has 0 unspecified atom stereocenters. The zero-order valence-corrected chi connectivity index (χ0v) is 13.9. The van der Waals surface area contributed by atoms with Gasteiger partial charge in [0.2, 0.25) is 11.8 Å². The summed E-state index contributed by atoms with van der Waals surface area (Å²) in [5, 5.41) is 0. The predicted molar refractivity (Wildman–Crippen MR) is 81.7 cm³/mol. The first-order valence-electron chi connectivity index (χ1n) is 7.86. The van der Waals surface area contributed by atoms with Crippen molar-refractivity contribution >= 4 is 17.8 Å². The van der Waals surface area contributed by atoms with Crippen LogP contribution >= 0.6 is 0 Å². The summed E-state index contributed by atoms with van der Waals surface area (Å²) < 4.78 is 14.8. The van der Waals surface area contributed by atoms with Crippen molar-refractivity contribution in [1.29, 1.82) is 0 Å². The second kappa shape index (κ2) is 11.0. The number of ether oxygens (including phenoxy) is 3. The number of esters is 1. The molecule has 0 aromatic rings. The van der Waals surface area contributed by atoms with Gasteiger partial charge in [-0.3, -0.25) is 14.4 Å². The average molecular weight is 330 g/mol. The third-order valence-electron chi connectivity index (χ3n) is 3.49. The lowest BCUT2D eigenvalue weighted by Gasteiger charge is -2.34. The van der Waals surface area contributed by atoms with Crippen LogP contribution in [0.3, 0.4) is 0 Å². The fourth-order valence-corrected chi connectivity index (χ4v) is 2.20. The molecule has 1 rings (SSSR count). The summed E-state index contributed by atoms with van der Waals surface area (Å²) in [5.41, 5.74) is 0. The Bertz CT molecular complexity index is 393. The lowest BCUT2D eigenvalue weighted by molar-refractivity contribution is -0.146. The fourth-order valence-electron chi connectivity index (χ4n) is 2.20. The minimum absolute atomic E-state index is 0.0279. The Kier molecular flexibility index (Phi) is 9.23. The number of methoxy groups -OCH3 is 1. The molecule has 23 heavy (non-hydrogen) atoms. The summed E-state index contributed by atoms with van der Waals surface area (Å²) in [6, 6.07) is 0. The normalized spacial score (nSPS) is 14.7. The van der Waals surface area contributed by atoms with E-state index < -0.39 is 0 Å². The minimum Gasteiger partial charge on any atom is -0.466 e. The monoisotopic (exact) mass is 330 g/mol. The Morgan fingerprint density at radius 1 is 0.913 bits per heavy atom. The molecule has 0 aromatic heterocycles. The van der Waals surface area contributed by atoms with E-state index in [0.29, 0.717) is 46.0 Å². The number of amides is 2. The van der Waals surface area contributed by atoms with Crippen LogP contribution in [0.2, 0.25) is 0 Å². The van der Waals surface area contributed by atoms with E-state index >= 15 is 0 Å². The maximum atomic E-state index is 12.0. The molecule has 0 spiro atoms. The SMILES string of the molecule is CCOC(=O)CCC(=O)N1CCN(C(=O)COCCOC)CC1. The molecule has 1 saturated heterocycles. The van der Waals surface area contributed by atoms with Gasteiger partial charge in [-0.05, 0) is 6.92 Å². The summed E-state index contributed by atoms with van der Waals surface area (Å²) in [6.45, 7) is 4.84. The van der Waals surface area contributed by atoms with E-state index in [0.717, 1.165) is 0 Å². The van der Waals surface area contributed by atoms with Crippen LogP contribution in [0.4, 0.5) is 0 Å². The average Bonchev–Trinajstić information content (AvgIpc) is 2.57. The fraction of sp³-hybridized carbons (Fsp3) is 0.800. The van der Waals surface area contributed by atoms with Gasteiger partial charge in [0.15, 0.2) is 0 Å². The van der Waals surface area contributed by atoms with Gasteiger partial charge in [0, 0.05) is 39.7 Å². The molecule has 8 heteroatoms. The van der Waals surface area contributed by atoms with Crippen molar-refractivity contribution in [2.75, 3.05) is 59.7 Å². The van der Waals surface area contributed by atoms with E-state index in [1.54, 1.807) is 23.8 Å². The van der Waals surface area contributed by atoms with Gasteiger partial charge in [-0.25, -0.2) is 0 Å². The van der Waals surface area contributed by atoms with Crippen LogP contribution in [0.1, 0.15) is 19.8 Å². The molecule has 0 atom stereocenters. The number of hydrogen-bond donors (Lipinski definition) is 0. The molecular formula is C15H26N2O6. The number of hydrogen-bond acceptors (Lipinski definition) is 6. The van der Waals surface area contributed by atoms with Gasteiger partial charge in [0.25, 0.3) is 0 Å². The van der Waals surface area contributed by atoms with E-state index in [-0.39, 0.29) is 37.2 Å². The molecule has 2 amide bonds. The van der Waals surface area contributed by atoms with Crippen LogP contribution in [0.25, 0.3) is 0 Å². The van der Waals surface area contributed by atoms with E-state index in [1.807, 2.05) is 0 Å². The van der Waals surface area contributed by atoms with Crippen molar-refractivity contribution in [3.8, 4) is 0 Å². The highest BCUT2D eigenvalue weighted by Crippen LogP contribution is 2.06. The molecule has 0 aromatic carbocycles. The van der Waals surface area contributed by atoms with E-state index in [2.05, 4.69) is 0 Å². The van der Waals surface area contributed by atoms with Gasteiger partial charge >= 0.3 is 5.97 Å². The van der Waals surface area contributed by atoms with Gasteiger partial charge in [0.1, 0.15) is 6.61 Å². The molecule has 1 aliphatic rings. The molecule has 1 fully saturated rings. The Balaban J connectivity index is 2.22. The Morgan fingerprint density at radius 2 is 1.52 bits per heavy atom. The Hall–Kier alpha value is -1.67. The second-order valence-corrected chi connectivity index (χ2v) is 5.11. The standard InChI is InChI=1S/C15H26N2O6/c1-3-23-15(20)5-4-13(18)16-6-8-17(9-7-16)14(19)12-22-11-10-21-2/h3-12H2,1-2H3. The first-order valence-corrected chi connectivity index (χ1v) is 7.86. The molecule has 8 nitrogen and oxygen atoms in total. The Morgan fingerprint density at radius 3 is 2.09 bits per heavy atom. The van der Waals surface area contributed by atoms with Crippen molar-refractivity contribution in [1.82, 2.24) is 9.80 Å². The van der Waals surface area contributed by atoms with Crippen LogP contribution in [0, 0.1) is 0 Å². The second-order valence-electron chi connectivity index (χ2n) is 5.11. The zero-order chi connectivity index (χ0) is 17.1. The number of nitrogens with zero attached hydrogens (tertiary/aromatic N) is 2. The Labute approximate surface area is 136 Å². The van der Waals surface area contributed by atoms with Gasteiger partial charge < -0.3 is 24.0 Å². The zero-order valence-electron chi connectivity index (χ0n) is 13.9. The van der Waals surface area contributed by atoms with E-state index in [4.69, 9.17) is 14.2 Å². The van der Waals surface area contributed by atoms with Gasteiger partial charge in [0.05, 0.1) is 26.2 Å². The quantitative estimate of drug-likeness (QED) is 0.425. The van der Waals surface area contributed by atoms with Crippen LogP contribution in [-0.2, 0) is 28.6 Å². The van der Waals surface area contributed by atoms with Crippen LogP contribution in [-0.4, -0.2) is 87.3 Å². The molecule has 0 bridgehead atoms. The number of carbonyl (C=O) groups is 3. The predicted octanol–water partition coefficient (Wildman–Crippen LogP) is -0.336. The molecule has 1 aliphatic heterocycles. The lowest BCUT2D eigenvalue weighted by atomic mass is 10.2.